The third kappa shape index (κ3) is 3.96. The van der Waals surface area contributed by atoms with Gasteiger partial charge in [0.05, 0.1) is 11.6 Å². The third-order valence-corrected chi connectivity index (χ3v) is 3.07. The van der Waals surface area contributed by atoms with Crippen molar-refractivity contribution in [3.05, 3.63) is 57.8 Å². The highest BCUT2D eigenvalue weighted by molar-refractivity contribution is 6.35. The number of rotatable bonds is 4. The molecule has 0 N–H and O–H groups in total. The maximum Gasteiger partial charge on any atom is 0.362 e. The minimum absolute atomic E-state index is 0.0264. The second-order valence-electron chi connectivity index (χ2n) is 4.09. The van der Waals surface area contributed by atoms with Crippen molar-refractivity contribution in [3.8, 4) is 5.75 Å². The molecule has 0 saturated heterocycles. The molecule has 0 atom stereocenters. The van der Waals surface area contributed by atoms with E-state index >= 15 is 0 Å². The van der Waals surface area contributed by atoms with Crippen LogP contribution < -0.4 is 4.74 Å². The van der Waals surface area contributed by atoms with Gasteiger partial charge in [-0.1, -0.05) is 29.3 Å². The molecule has 1 aromatic heterocycles. The van der Waals surface area contributed by atoms with Crippen LogP contribution in [0.1, 0.15) is 27.9 Å². The first-order valence-electron chi connectivity index (χ1n) is 6.32. The summed E-state index contributed by atoms with van der Waals surface area (Å²) in [7, 11) is 0. The zero-order chi connectivity index (χ0) is 16.1. The van der Waals surface area contributed by atoms with Gasteiger partial charge >= 0.3 is 11.9 Å². The Hall–Kier alpha value is -2.11. The smallest absolute Gasteiger partial charge is 0.362 e. The van der Waals surface area contributed by atoms with Gasteiger partial charge in [0.25, 0.3) is 0 Å². The van der Waals surface area contributed by atoms with Crippen molar-refractivity contribution in [1.29, 1.82) is 0 Å². The van der Waals surface area contributed by atoms with Crippen LogP contribution in [0, 0.1) is 0 Å². The molecule has 0 fully saturated rings. The highest BCUT2D eigenvalue weighted by atomic mass is 35.5. The molecule has 114 valence electrons. The normalized spacial score (nSPS) is 10.1. The van der Waals surface area contributed by atoms with E-state index in [1.54, 1.807) is 13.0 Å². The number of aromatic nitrogens is 1. The van der Waals surface area contributed by atoms with Crippen LogP contribution in [-0.4, -0.2) is 23.5 Å². The molecule has 2 aromatic rings. The summed E-state index contributed by atoms with van der Waals surface area (Å²) in [6.07, 6.45) is 0. The van der Waals surface area contributed by atoms with Crippen LogP contribution in [0.25, 0.3) is 0 Å². The molecular weight excluding hydrogens is 329 g/mol. The Morgan fingerprint density at radius 2 is 1.77 bits per heavy atom. The third-order valence-electron chi connectivity index (χ3n) is 2.54. The fourth-order valence-electron chi connectivity index (χ4n) is 1.58. The number of esters is 2. The Morgan fingerprint density at radius 1 is 1.09 bits per heavy atom. The maximum absolute atomic E-state index is 12.1. The van der Waals surface area contributed by atoms with Gasteiger partial charge in [-0.05, 0) is 37.3 Å². The highest BCUT2D eigenvalue weighted by Crippen LogP contribution is 2.28. The predicted octanol–water partition coefficient (Wildman–Crippen LogP) is 3.78. The minimum atomic E-state index is -0.740. The predicted molar refractivity (Wildman–Crippen MR) is 81.6 cm³/mol. The van der Waals surface area contributed by atoms with Crippen molar-refractivity contribution in [2.45, 2.75) is 6.92 Å². The van der Waals surface area contributed by atoms with Crippen LogP contribution in [0.15, 0.2) is 36.4 Å². The molecule has 0 bridgehead atoms. The van der Waals surface area contributed by atoms with Gasteiger partial charge in [0.15, 0.2) is 0 Å². The first-order valence-corrected chi connectivity index (χ1v) is 7.08. The topological polar surface area (TPSA) is 65.5 Å². The zero-order valence-corrected chi connectivity index (χ0v) is 13.0. The van der Waals surface area contributed by atoms with E-state index in [1.807, 2.05) is 0 Å². The Kier molecular flexibility index (Phi) is 5.35. The number of nitrogens with zero attached hydrogens (tertiary/aromatic N) is 1. The summed E-state index contributed by atoms with van der Waals surface area (Å²) in [6.45, 7) is 1.90. The number of carbonyl (C=O) groups excluding carboxylic acids is 2. The van der Waals surface area contributed by atoms with Gasteiger partial charge in [0.1, 0.15) is 17.1 Å². The van der Waals surface area contributed by atoms with E-state index in [0.29, 0.717) is 5.02 Å². The van der Waals surface area contributed by atoms with Gasteiger partial charge in [-0.3, -0.25) is 0 Å². The second-order valence-corrected chi connectivity index (χ2v) is 4.94. The fourth-order valence-corrected chi connectivity index (χ4v) is 2.02. The quantitative estimate of drug-likeness (QED) is 0.626. The number of hydrogen-bond donors (Lipinski definition) is 0. The van der Waals surface area contributed by atoms with E-state index < -0.39 is 11.9 Å². The molecule has 1 aromatic carbocycles. The number of benzene rings is 1. The van der Waals surface area contributed by atoms with Crippen LogP contribution in [0.2, 0.25) is 10.0 Å². The van der Waals surface area contributed by atoms with Crippen molar-refractivity contribution in [2.24, 2.45) is 0 Å². The van der Waals surface area contributed by atoms with Gasteiger partial charge in [0, 0.05) is 5.02 Å². The standard InChI is InChI=1S/C15H11Cl2NO4/c1-2-21-14(19)11-4-3-5-12(18-11)15(20)22-13-7-6-9(16)8-10(13)17/h3-8H,2H2,1H3. The first-order chi connectivity index (χ1) is 10.5. The molecule has 7 heteroatoms. The van der Waals surface area contributed by atoms with Gasteiger partial charge in [-0.15, -0.1) is 0 Å². The SMILES string of the molecule is CCOC(=O)c1cccc(C(=O)Oc2ccc(Cl)cc2Cl)n1. The minimum Gasteiger partial charge on any atom is -0.461 e. The summed E-state index contributed by atoms with van der Waals surface area (Å²) in [4.78, 5) is 27.6. The van der Waals surface area contributed by atoms with Gasteiger partial charge in [-0.2, -0.15) is 0 Å². The summed E-state index contributed by atoms with van der Waals surface area (Å²) in [5, 5.41) is 0.620. The summed E-state index contributed by atoms with van der Waals surface area (Å²) >= 11 is 11.7. The van der Waals surface area contributed by atoms with Crippen LogP contribution in [0.3, 0.4) is 0 Å². The van der Waals surface area contributed by atoms with Crippen molar-refractivity contribution in [2.75, 3.05) is 6.61 Å². The lowest BCUT2D eigenvalue weighted by Crippen LogP contribution is -2.14. The lowest BCUT2D eigenvalue weighted by molar-refractivity contribution is 0.0519. The molecule has 2 rings (SSSR count). The average molecular weight is 340 g/mol. The zero-order valence-electron chi connectivity index (χ0n) is 11.5. The average Bonchev–Trinajstić information content (AvgIpc) is 2.50. The van der Waals surface area contributed by atoms with Crippen LogP contribution >= 0.6 is 23.2 Å². The van der Waals surface area contributed by atoms with Crippen molar-refractivity contribution < 1.29 is 19.1 Å². The van der Waals surface area contributed by atoms with Crippen LogP contribution in [0.4, 0.5) is 0 Å². The maximum atomic E-state index is 12.1. The highest BCUT2D eigenvalue weighted by Gasteiger charge is 2.16. The molecule has 0 unspecified atom stereocenters. The van der Waals surface area contributed by atoms with E-state index in [4.69, 9.17) is 32.7 Å². The summed E-state index contributed by atoms with van der Waals surface area (Å²) in [5.41, 5.74) is -0.00456. The lowest BCUT2D eigenvalue weighted by atomic mass is 10.3. The second kappa shape index (κ2) is 7.24. The monoisotopic (exact) mass is 339 g/mol. The van der Waals surface area contributed by atoms with Gasteiger partial charge in [-0.25, -0.2) is 14.6 Å². The number of carbonyl (C=O) groups is 2. The molecule has 0 aliphatic carbocycles. The van der Waals surface area contributed by atoms with Crippen LogP contribution in [-0.2, 0) is 4.74 Å². The van der Waals surface area contributed by atoms with Crippen molar-refractivity contribution in [3.63, 3.8) is 0 Å². The number of hydrogen-bond acceptors (Lipinski definition) is 5. The van der Waals surface area contributed by atoms with E-state index in [1.165, 1.54) is 30.3 Å². The largest absolute Gasteiger partial charge is 0.461 e. The van der Waals surface area contributed by atoms with Gasteiger partial charge in [0.2, 0.25) is 0 Å². The molecule has 0 spiro atoms. The number of halogens is 2. The molecule has 0 amide bonds. The molecule has 22 heavy (non-hydrogen) atoms. The Bertz CT molecular complexity index is 718. The summed E-state index contributed by atoms with van der Waals surface area (Å²) in [5.74, 6) is -1.20. The molecule has 0 aliphatic heterocycles. The Labute approximate surface area is 136 Å². The Balaban J connectivity index is 2.19. The molecule has 0 saturated carbocycles. The van der Waals surface area contributed by atoms with E-state index in [2.05, 4.69) is 4.98 Å². The van der Waals surface area contributed by atoms with Crippen LogP contribution in [0.5, 0.6) is 5.75 Å². The molecular formula is C15H11Cl2NO4. The molecule has 0 radical (unpaired) electrons. The lowest BCUT2D eigenvalue weighted by Gasteiger charge is -2.07. The van der Waals surface area contributed by atoms with Gasteiger partial charge < -0.3 is 9.47 Å². The number of pyridine rings is 1. The summed E-state index contributed by atoms with van der Waals surface area (Å²) < 4.78 is 9.96. The van der Waals surface area contributed by atoms with E-state index in [9.17, 15) is 9.59 Å². The molecule has 0 aliphatic rings. The van der Waals surface area contributed by atoms with Crippen molar-refractivity contribution >= 4 is 35.1 Å². The summed E-state index contributed by atoms with van der Waals surface area (Å²) in [6, 6.07) is 8.85. The Morgan fingerprint density at radius 3 is 2.41 bits per heavy atom. The fraction of sp³-hybridized carbons (Fsp3) is 0.133. The van der Waals surface area contributed by atoms with E-state index in [-0.39, 0.29) is 28.8 Å². The first kappa shape index (κ1) is 16.3. The molecule has 1 heterocycles. The van der Waals surface area contributed by atoms with E-state index in [0.717, 1.165) is 0 Å². The van der Waals surface area contributed by atoms with Crippen molar-refractivity contribution in [1.82, 2.24) is 4.98 Å². The molecule has 5 nitrogen and oxygen atoms in total. The number of ether oxygens (including phenoxy) is 2.